The quantitative estimate of drug-likeness (QED) is 0.671. The molecule has 1 heterocycles. The third-order valence-electron chi connectivity index (χ3n) is 2.34. The molecule has 0 radical (unpaired) electrons. The van der Waals surface area contributed by atoms with Crippen LogP contribution in [0, 0.1) is 0 Å². The average Bonchev–Trinajstić information content (AvgIpc) is 2.31. The van der Waals surface area contributed by atoms with Gasteiger partial charge >= 0.3 is 0 Å². The molecule has 0 spiro atoms. The Kier molecular flexibility index (Phi) is 6.18. The lowest BCUT2D eigenvalue weighted by molar-refractivity contribution is -0.121. The van der Waals surface area contributed by atoms with E-state index in [0.29, 0.717) is 19.5 Å². The molecule has 0 saturated carbocycles. The van der Waals surface area contributed by atoms with Gasteiger partial charge in [-0.3, -0.25) is 9.78 Å². The fourth-order valence-corrected chi connectivity index (χ4v) is 1.41. The van der Waals surface area contributed by atoms with Gasteiger partial charge in [-0.2, -0.15) is 0 Å². The molecule has 0 fully saturated rings. The molecule has 0 bridgehead atoms. The SMILES string of the molecule is NCCCCC(=O)NCCc1ccncc1. The summed E-state index contributed by atoms with van der Waals surface area (Å²) < 4.78 is 0. The van der Waals surface area contributed by atoms with Crippen LogP contribution in [0.2, 0.25) is 0 Å². The number of unbranched alkanes of at least 4 members (excludes halogenated alkanes) is 1. The van der Waals surface area contributed by atoms with Crippen molar-refractivity contribution >= 4 is 5.91 Å². The number of nitrogens with zero attached hydrogens (tertiary/aromatic N) is 1. The number of carbonyl (C=O) groups excluding carboxylic acids is 1. The predicted octanol–water partition coefficient (Wildman–Crippen LogP) is 0.869. The topological polar surface area (TPSA) is 68.0 Å². The monoisotopic (exact) mass is 221 g/mol. The molecule has 3 N–H and O–H groups in total. The number of carbonyl (C=O) groups is 1. The van der Waals surface area contributed by atoms with Crippen LogP contribution >= 0.6 is 0 Å². The molecule has 0 atom stereocenters. The highest BCUT2D eigenvalue weighted by molar-refractivity contribution is 5.75. The van der Waals surface area contributed by atoms with Gasteiger partial charge in [-0.05, 0) is 43.5 Å². The minimum absolute atomic E-state index is 0.113. The first-order valence-corrected chi connectivity index (χ1v) is 5.68. The zero-order valence-electron chi connectivity index (χ0n) is 9.48. The second-order valence-electron chi connectivity index (χ2n) is 3.70. The second kappa shape index (κ2) is 7.82. The Hall–Kier alpha value is -1.42. The maximum Gasteiger partial charge on any atom is 0.220 e. The Morgan fingerprint density at radius 3 is 2.75 bits per heavy atom. The van der Waals surface area contributed by atoms with E-state index in [0.717, 1.165) is 19.3 Å². The van der Waals surface area contributed by atoms with Crippen LogP contribution in [0.25, 0.3) is 0 Å². The van der Waals surface area contributed by atoms with Crippen LogP contribution < -0.4 is 11.1 Å². The highest BCUT2D eigenvalue weighted by Crippen LogP contribution is 1.97. The van der Waals surface area contributed by atoms with Gasteiger partial charge in [0, 0.05) is 25.4 Å². The van der Waals surface area contributed by atoms with Crippen LogP contribution in [-0.2, 0) is 11.2 Å². The summed E-state index contributed by atoms with van der Waals surface area (Å²) in [6.45, 7) is 1.34. The average molecular weight is 221 g/mol. The number of nitrogens with one attached hydrogen (secondary N) is 1. The highest BCUT2D eigenvalue weighted by atomic mass is 16.1. The second-order valence-corrected chi connectivity index (χ2v) is 3.70. The van der Waals surface area contributed by atoms with Crippen molar-refractivity contribution in [1.82, 2.24) is 10.3 Å². The number of aromatic nitrogens is 1. The summed E-state index contributed by atoms with van der Waals surface area (Å²) in [6.07, 6.45) is 6.74. The molecule has 4 nitrogen and oxygen atoms in total. The molecule has 0 aliphatic rings. The molecule has 0 saturated heterocycles. The lowest BCUT2D eigenvalue weighted by Crippen LogP contribution is -2.25. The van der Waals surface area contributed by atoms with E-state index in [1.54, 1.807) is 12.4 Å². The summed E-state index contributed by atoms with van der Waals surface area (Å²) in [4.78, 5) is 15.3. The van der Waals surface area contributed by atoms with E-state index in [9.17, 15) is 4.79 Å². The van der Waals surface area contributed by atoms with Crippen molar-refractivity contribution in [3.05, 3.63) is 30.1 Å². The smallest absolute Gasteiger partial charge is 0.220 e. The maximum absolute atomic E-state index is 11.3. The van der Waals surface area contributed by atoms with E-state index >= 15 is 0 Å². The molecule has 88 valence electrons. The summed E-state index contributed by atoms with van der Waals surface area (Å²) in [5.41, 5.74) is 6.55. The number of pyridine rings is 1. The summed E-state index contributed by atoms with van der Waals surface area (Å²) in [5.74, 6) is 0.113. The van der Waals surface area contributed by atoms with Gasteiger partial charge in [-0.15, -0.1) is 0 Å². The zero-order valence-corrected chi connectivity index (χ0v) is 9.48. The first-order chi connectivity index (χ1) is 7.83. The van der Waals surface area contributed by atoms with Crippen LogP contribution in [-0.4, -0.2) is 24.0 Å². The lowest BCUT2D eigenvalue weighted by Gasteiger charge is -2.04. The van der Waals surface area contributed by atoms with Gasteiger partial charge in [0.25, 0.3) is 0 Å². The number of hydrogen-bond donors (Lipinski definition) is 2. The standard InChI is InChI=1S/C12H19N3O/c13-7-2-1-3-12(16)15-10-6-11-4-8-14-9-5-11/h4-5,8-9H,1-3,6-7,10,13H2,(H,15,16). The number of rotatable bonds is 7. The Bertz CT molecular complexity index is 300. The van der Waals surface area contributed by atoms with Gasteiger partial charge in [0.05, 0.1) is 0 Å². The van der Waals surface area contributed by atoms with Crippen molar-refractivity contribution in [3.8, 4) is 0 Å². The van der Waals surface area contributed by atoms with Gasteiger partial charge < -0.3 is 11.1 Å². The minimum Gasteiger partial charge on any atom is -0.356 e. The highest BCUT2D eigenvalue weighted by Gasteiger charge is 1.99. The first-order valence-electron chi connectivity index (χ1n) is 5.68. The van der Waals surface area contributed by atoms with Crippen LogP contribution in [0.1, 0.15) is 24.8 Å². The third-order valence-corrected chi connectivity index (χ3v) is 2.34. The van der Waals surface area contributed by atoms with Crippen molar-refractivity contribution in [2.45, 2.75) is 25.7 Å². The van der Waals surface area contributed by atoms with Gasteiger partial charge in [0.2, 0.25) is 5.91 Å². The summed E-state index contributed by atoms with van der Waals surface area (Å²) >= 11 is 0. The molecular weight excluding hydrogens is 202 g/mol. The Morgan fingerprint density at radius 2 is 2.06 bits per heavy atom. The largest absolute Gasteiger partial charge is 0.356 e. The fraction of sp³-hybridized carbons (Fsp3) is 0.500. The maximum atomic E-state index is 11.3. The first kappa shape index (κ1) is 12.6. The van der Waals surface area contributed by atoms with E-state index < -0.39 is 0 Å². The molecule has 1 rings (SSSR count). The van der Waals surface area contributed by atoms with Crippen LogP contribution in [0.15, 0.2) is 24.5 Å². The van der Waals surface area contributed by atoms with E-state index in [-0.39, 0.29) is 5.91 Å². The molecule has 1 aromatic rings. The fourth-order valence-electron chi connectivity index (χ4n) is 1.41. The van der Waals surface area contributed by atoms with Gasteiger partial charge in [0.15, 0.2) is 0 Å². The van der Waals surface area contributed by atoms with Gasteiger partial charge in [0.1, 0.15) is 0 Å². The van der Waals surface area contributed by atoms with Crippen LogP contribution in [0.5, 0.6) is 0 Å². The van der Waals surface area contributed by atoms with E-state index in [1.807, 2.05) is 12.1 Å². The van der Waals surface area contributed by atoms with Crippen LogP contribution in [0.4, 0.5) is 0 Å². The normalized spacial score (nSPS) is 10.1. The third kappa shape index (κ3) is 5.46. The van der Waals surface area contributed by atoms with Gasteiger partial charge in [-0.1, -0.05) is 0 Å². The van der Waals surface area contributed by atoms with E-state index in [2.05, 4.69) is 10.3 Å². The summed E-state index contributed by atoms with van der Waals surface area (Å²) in [6, 6.07) is 3.92. The minimum atomic E-state index is 0.113. The van der Waals surface area contributed by atoms with Crippen LogP contribution in [0.3, 0.4) is 0 Å². The van der Waals surface area contributed by atoms with Crippen molar-refractivity contribution < 1.29 is 4.79 Å². The molecule has 4 heteroatoms. The number of nitrogens with two attached hydrogens (primary N) is 1. The molecule has 0 aromatic carbocycles. The molecule has 0 aliphatic heterocycles. The molecule has 1 aromatic heterocycles. The number of hydrogen-bond acceptors (Lipinski definition) is 3. The summed E-state index contributed by atoms with van der Waals surface area (Å²) in [7, 11) is 0. The molecular formula is C12H19N3O. The Balaban J connectivity index is 2.09. The Morgan fingerprint density at radius 1 is 1.31 bits per heavy atom. The van der Waals surface area contributed by atoms with E-state index in [1.165, 1.54) is 5.56 Å². The van der Waals surface area contributed by atoms with Crippen molar-refractivity contribution in [2.24, 2.45) is 5.73 Å². The number of amides is 1. The molecule has 0 aliphatic carbocycles. The lowest BCUT2D eigenvalue weighted by atomic mass is 10.2. The molecule has 0 unspecified atom stereocenters. The van der Waals surface area contributed by atoms with Crippen molar-refractivity contribution in [2.75, 3.05) is 13.1 Å². The Labute approximate surface area is 96.3 Å². The van der Waals surface area contributed by atoms with Gasteiger partial charge in [-0.25, -0.2) is 0 Å². The van der Waals surface area contributed by atoms with Crippen molar-refractivity contribution in [1.29, 1.82) is 0 Å². The van der Waals surface area contributed by atoms with E-state index in [4.69, 9.17) is 5.73 Å². The predicted molar refractivity (Wildman–Crippen MR) is 63.9 cm³/mol. The summed E-state index contributed by atoms with van der Waals surface area (Å²) in [5, 5.41) is 2.89. The molecule has 16 heavy (non-hydrogen) atoms. The van der Waals surface area contributed by atoms with Crippen molar-refractivity contribution in [3.63, 3.8) is 0 Å². The molecule has 1 amide bonds. The zero-order chi connectivity index (χ0) is 11.6.